The molecule has 0 aliphatic heterocycles. The van der Waals surface area contributed by atoms with Crippen LogP contribution >= 0.6 is 23.4 Å². The molecule has 0 radical (unpaired) electrons. The van der Waals surface area contributed by atoms with Gasteiger partial charge in [0.25, 0.3) is 0 Å². The molecule has 2 rings (SSSR count). The van der Waals surface area contributed by atoms with Gasteiger partial charge in [0, 0.05) is 10.8 Å². The Morgan fingerprint density at radius 1 is 1.28 bits per heavy atom. The second-order valence-electron chi connectivity index (χ2n) is 5.84. The normalized spacial score (nSPS) is 11.8. The summed E-state index contributed by atoms with van der Waals surface area (Å²) in [6.07, 6.45) is 0.840. The molecular weight excluding hydrogens is 354 g/mol. The van der Waals surface area contributed by atoms with Crippen molar-refractivity contribution in [2.75, 3.05) is 12.9 Å². The van der Waals surface area contributed by atoms with E-state index < -0.39 is 0 Å². The molecule has 2 aromatic carbocycles. The first-order chi connectivity index (χ1) is 12.0. The molecule has 25 heavy (non-hydrogen) atoms. The number of benzene rings is 2. The van der Waals surface area contributed by atoms with Crippen molar-refractivity contribution in [3.05, 3.63) is 64.2 Å². The molecule has 3 nitrogen and oxygen atoms in total. The van der Waals surface area contributed by atoms with Crippen molar-refractivity contribution < 1.29 is 9.53 Å². The third kappa shape index (κ3) is 5.68. The molecule has 1 N–H and O–H groups in total. The van der Waals surface area contributed by atoms with E-state index >= 15 is 0 Å². The second-order valence-corrected chi connectivity index (χ2v) is 7.23. The number of amides is 1. The molecule has 1 atom stereocenters. The van der Waals surface area contributed by atoms with Crippen molar-refractivity contribution >= 4 is 29.3 Å². The summed E-state index contributed by atoms with van der Waals surface area (Å²) in [5, 5.41) is 3.86. The van der Waals surface area contributed by atoms with E-state index in [-0.39, 0.29) is 11.9 Å². The Labute approximate surface area is 159 Å². The fraction of sp³-hybridized carbons (Fsp3) is 0.350. The smallest absolute Gasteiger partial charge is 0.230 e. The van der Waals surface area contributed by atoms with E-state index in [1.54, 1.807) is 18.9 Å². The van der Waals surface area contributed by atoms with Gasteiger partial charge < -0.3 is 10.1 Å². The molecule has 0 saturated carbocycles. The number of carbonyl (C=O) groups is 1. The van der Waals surface area contributed by atoms with E-state index in [1.807, 2.05) is 43.3 Å². The molecular formula is C20H24ClNO2S. The molecule has 0 saturated heterocycles. The fourth-order valence-electron chi connectivity index (χ4n) is 2.64. The molecule has 0 heterocycles. The first kappa shape index (κ1) is 19.7. The molecule has 2 aromatic rings. The van der Waals surface area contributed by atoms with Gasteiger partial charge in [0.1, 0.15) is 5.75 Å². The molecule has 0 aromatic heterocycles. The maximum Gasteiger partial charge on any atom is 0.230 e. The van der Waals surface area contributed by atoms with Gasteiger partial charge in [-0.2, -0.15) is 0 Å². The number of aryl methyl sites for hydroxylation is 1. The van der Waals surface area contributed by atoms with Crippen LogP contribution in [-0.2, 0) is 10.5 Å². The van der Waals surface area contributed by atoms with Crippen LogP contribution in [0, 0.1) is 6.92 Å². The first-order valence-electron chi connectivity index (χ1n) is 8.30. The standard InChI is InChI=1S/C20H24ClNO2S/c1-4-18(15-9-10-19(24-3)14(2)11-15)22-20(23)13-25-12-16-7-5-6-8-17(16)21/h5-11,18H,4,12-13H2,1-3H3,(H,22,23)/t18-/m0/s1. The molecule has 0 bridgehead atoms. The summed E-state index contributed by atoms with van der Waals surface area (Å²) >= 11 is 7.71. The zero-order valence-corrected chi connectivity index (χ0v) is 16.4. The highest BCUT2D eigenvalue weighted by molar-refractivity contribution is 7.99. The summed E-state index contributed by atoms with van der Waals surface area (Å²) < 4.78 is 5.30. The van der Waals surface area contributed by atoms with Gasteiger partial charge in [-0.05, 0) is 42.2 Å². The van der Waals surface area contributed by atoms with Gasteiger partial charge >= 0.3 is 0 Å². The number of thioether (sulfide) groups is 1. The third-order valence-corrected chi connectivity index (χ3v) is 5.36. The van der Waals surface area contributed by atoms with E-state index in [9.17, 15) is 4.79 Å². The zero-order valence-electron chi connectivity index (χ0n) is 14.8. The molecule has 0 unspecified atom stereocenters. The van der Waals surface area contributed by atoms with Crippen molar-refractivity contribution in [1.82, 2.24) is 5.32 Å². The van der Waals surface area contributed by atoms with Crippen LogP contribution in [-0.4, -0.2) is 18.8 Å². The van der Waals surface area contributed by atoms with E-state index in [4.69, 9.17) is 16.3 Å². The Balaban J connectivity index is 1.89. The Bertz CT molecular complexity index is 721. The van der Waals surface area contributed by atoms with Crippen LogP contribution in [0.25, 0.3) is 0 Å². The Kier molecular flexibility index (Phi) is 7.66. The van der Waals surface area contributed by atoms with Crippen LogP contribution < -0.4 is 10.1 Å². The average Bonchev–Trinajstić information content (AvgIpc) is 2.61. The van der Waals surface area contributed by atoms with Gasteiger partial charge in [-0.1, -0.05) is 48.9 Å². The number of ether oxygens (including phenoxy) is 1. The quantitative estimate of drug-likeness (QED) is 0.690. The van der Waals surface area contributed by atoms with E-state index in [0.29, 0.717) is 5.75 Å². The molecule has 0 fully saturated rings. The number of nitrogens with one attached hydrogen (secondary N) is 1. The van der Waals surface area contributed by atoms with Crippen LogP contribution in [0.3, 0.4) is 0 Å². The molecule has 134 valence electrons. The Morgan fingerprint density at radius 3 is 2.68 bits per heavy atom. The lowest BCUT2D eigenvalue weighted by molar-refractivity contribution is -0.119. The highest BCUT2D eigenvalue weighted by Gasteiger charge is 2.14. The minimum absolute atomic E-state index is 0.0121. The van der Waals surface area contributed by atoms with E-state index in [0.717, 1.165) is 39.6 Å². The first-order valence-corrected chi connectivity index (χ1v) is 9.83. The van der Waals surface area contributed by atoms with Gasteiger partial charge in [-0.3, -0.25) is 4.79 Å². The van der Waals surface area contributed by atoms with E-state index in [1.165, 1.54) is 0 Å². The van der Waals surface area contributed by atoms with Crippen molar-refractivity contribution in [3.63, 3.8) is 0 Å². The van der Waals surface area contributed by atoms with Gasteiger partial charge in [0.05, 0.1) is 18.9 Å². The van der Waals surface area contributed by atoms with E-state index in [2.05, 4.69) is 18.3 Å². The number of methoxy groups -OCH3 is 1. The predicted octanol–water partition coefficient (Wildman–Crippen LogP) is 5.16. The number of carbonyl (C=O) groups excluding carboxylic acids is 1. The number of hydrogen-bond donors (Lipinski definition) is 1. The highest BCUT2D eigenvalue weighted by Crippen LogP contribution is 2.25. The zero-order chi connectivity index (χ0) is 18.2. The topological polar surface area (TPSA) is 38.3 Å². The lowest BCUT2D eigenvalue weighted by Crippen LogP contribution is -2.29. The van der Waals surface area contributed by atoms with Crippen molar-refractivity contribution in [1.29, 1.82) is 0 Å². The summed E-state index contributed by atoms with van der Waals surface area (Å²) in [6, 6.07) is 13.8. The third-order valence-electron chi connectivity index (χ3n) is 4.01. The maximum absolute atomic E-state index is 12.3. The summed E-state index contributed by atoms with van der Waals surface area (Å²) in [5.74, 6) is 2.04. The average molecular weight is 378 g/mol. The molecule has 0 aliphatic carbocycles. The van der Waals surface area contributed by atoms with Crippen molar-refractivity contribution in [2.24, 2.45) is 0 Å². The largest absolute Gasteiger partial charge is 0.496 e. The summed E-state index contributed by atoms with van der Waals surface area (Å²) in [5.41, 5.74) is 3.23. The SMILES string of the molecule is CC[C@H](NC(=O)CSCc1ccccc1Cl)c1ccc(OC)c(C)c1. The minimum Gasteiger partial charge on any atom is -0.496 e. The van der Waals surface area contributed by atoms with Gasteiger partial charge in [0.2, 0.25) is 5.91 Å². The summed E-state index contributed by atoms with van der Waals surface area (Å²) in [7, 11) is 1.66. The maximum atomic E-state index is 12.3. The lowest BCUT2D eigenvalue weighted by Gasteiger charge is -2.19. The molecule has 1 amide bonds. The second kappa shape index (κ2) is 9.73. The Morgan fingerprint density at radius 2 is 2.04 bits per heavy atom. The highest BCUT2D eigenvalue weighted by atomic mass is 35.5. The lowest BCUT2D eigenvalue weighted by atomic mass is 10.0. The Hall–Kier alpha value is -1.65. The van der Waals surface area contributed by atoms with Crippen LogP contribution in [0.15, 0.2) is 42.5 Å². The number of halogens is 1. The van der Waals surface area contributed by atoms with Crippen LogP contribution in [0.2, 0.25) is 5.02 Å². The van der Waals surface area contributed by atoms with Crippen LogP contribution in [0.4, 0.5) is 0 Å². The molecule has 0 aliphatic rings. The summed E-state index contributed by atoms with van der Waals surface area (Å²) in [4.78, 5) is 12.3. The monoisotopic (exact) mass is 377 g/mol. The van der Waals surface area contributed by atoms with Gasteiger partial charge in [-0.15, -0.1) is 11.8 Å². The van der Waals surface area contributed by atoms with Gasteiger partial charge in [0.15, 0.2) is 0 Å². The molecule has 0 spiro atoms. The number of hydrogen-bond acceptors (Lipinski definition) is 3. The molecule has 5 heteroatoms. The predicted molar refractivity (Wildman–Crippen MR) is 107 cm³/mol. The summed E-state index contributed by atoms with van der Waals surface area (Å²) in [6.45, 7) is 4.08. The van der Waals surface area contributed by atoms with Crippen molar-refractivity contribution in [2.45, 2.75) is 32.1 Å². The van der Waals surface area contributed by atoms with Gasteiger partial charge in [-0.25, -0.2) is 0 Å². The number of rotatable bonds is 8. The fourth-order valence-corrected chi connectivity index (χ4v) is 3.77. The van der Waals surface area contributed by atoms with Crippen LogP contribution in [0.5, 0.6) is 5.75 Å². The van der Waals surface area contributed by atoms with Crippen molar-refractivity contribution in [3.8, 4) is 5.75 Å². The minimum atomic E-state index is 0.0121. The van der Waals surface area contributed by atoms with Crippen LogP contribution in [0.1, 0.15) is 36.1 Å².